The third kappa shape index (κ3) is 8.77. The summed E-state index contributed by atoms with van der Waals surface area (Å²) in [6.45, 7) is 12.6. The van der Waals surface area contributed by atoms with Gasteiger partial charge in [0.15, 0.2) is 0 Å². The number of β-amino-alcohol motifs (C(OH)–C–C–N with tert-alkyl or cyclic N) is 1. The highest BCUT2D eigenvalue weighted by Crippen LogP contribution is 2.39. The van der Waals surface area contributed by atoms with Crippen molar-refractivity contribution in [3.8, 4) is 0 Å². The van der Waals surface area contributed by atoms with Crippen LogP contribution in [0.4, 0.5) is 4.79 Å². The second kappa shape index (κ2) is 12.0. The molecular formula is C29H47N3O4. The molecule has 2 amide bonds. The van der Waals surface area contributed by atoms with E-state index in [1.165, 1.54) is 25.7 Å². The summed E-state index contributed by atoms with van der Waals surface area (Å²) in [4.78, 5) is 28.2. The highest BCUT2D eigenvalue weighted by atomic mass is 16.6. The van der Waals surface area contributed by atoms with Crippen molar-refractivity contribution >= 4 is 12.0 Å². The SMILES string of the molecule is CC(C)(C)NC(=O)C1CC2CCCCC2CN1C[C@H](O)[C@@H](Cc1ccccc1)NC(=O)OC(C)(C)C. The first-order valence-electron chi connectivity index (χ1n) is 13.6. The van der Waals surface area contributed by atoms with Gasteiger partial charge in [0, 0.05) is 18.6 Å². The van der Waals surface area contributed by atoms with Gasteiger partial charge in [0.05, 0.1) is 18.2 Å². The zero-order chi connectivity index (χ0) is 26.5. The zero-order valence-corrected chi connectivity index (χ0v) is 23.0. The lowest BCUT2D eigenvalue weighted by molar-refractivity contribution is -0.132. The molecule has 3 unspecified atom stereocenters. The van der Waals surface area contributed by atoms with Crippen LogP contribution in [0, 0.1) is 11.8 Å². The van der Waals surface area contributed by atoms with Crippen molar-refractivity contribution in [1.29, 1.82) is 0 Å². The molecule has 5 atom stereocenters. The topological polar surface area (TPSA) is 90.9 Å². The summed E-state index contributed by atoms with van der Waals surface area (Å²) in [6.07, 6.45) is 4.70. The van der Waals surface area contributed by atoms with Gasteiger partial charge in [-0.2, -0.15) is 0 Å². The number of aliphatic hydroxyl groups excluding tert-OH is 1. The molecule has 1 aliphatic heterocycles. The van der Waals surface area contributed by atoms with Gasteiger partial charge >= 0.3 is 6.09 Å². The number of likely N-dealkylation sites (tertiary alicyclic amines) is 1. The first kappa shape index (κ1) is 28.5. The maximum absolute atomic E-state index is 13.4. The van der Waals surface area contributed by atoms with E-state index in [1.54, 1.807) is 0 Å². The molecule has 1 aromatic carbocycles. The van der Waals surface area contributed by atoms with Gasteiger partial charge < -0.3 is 20.5 Å². The Labute approximate surface area is 217 Å². The molecule has 2 aliphatic rings. The third-order valence-corrected chi connectivity index (χ3v) is 7.19. The van der Waals surface area contributed by atoms with Gasteiger partial charge in [-0.15, -0.1) is 0 Å². The van der Waals surface area contributed by atoms with Crippen molar-refractivity contribution in [2.24, 2.45) is 11.8 Å². The van der Waals surface area contributed by atoms with Crippen molar-refractivity contribution in [3.05, 3.63) is 35.9 Å². The Morgan fingerprint density at radius 1 is 1.06 bits per heavy atom. The molecule has 2 fully saturated rings. The number of piperidine rings is 1. The van der Waals surface area contributed by atoms with Crippen LogP contribution >= 0.6 is 0 Å². The first-order valence-corrected chi connectivity index (χ1v) is 13.6. The lowest BCUT2D eigenvalue weighted by Crippen LogP contribution is -2.60. The number of benzene rings is 1. The van der Waals surface area contributed by atoms with Crippen LogP contribution in [0.3, 0.4) is 0 Å². The van der Waals surface area contributed by atoms with Gasteiger partial charge in [-0.1, -0.05) is 49.6 Å². The number of fused-ring (bicyclic) bond motifs is 1. The van der Waals surface area contributed by atoms with Crippen LogP contribution < -0.4 is 10.6 Å². The minimum absolute atomic E-state index is 0.0263. The second-order valence-electron chi connectivity index (χ2n) is 12.8. The fourth-order valence-electron chi connectivity index (χ4n) is 5.60. The minimum Gasteiger partial charge on any atom is -0.444 e. The summed E-state index contributed by atoms with van der Waals surface area (Å²) in [6, 6.07) is 9.01. The molecular weight excluding hydrogens is 454 g/mol. The average Bonchev–Trinajstić information content (AvgIpc) is 2.76. The molecule has 0 bridgehead atoms. The Balaban J connectivity index is 1.78. The largest absolute Gasteiger partial charge is 0.444 e. The molecule has 3 rings (SSSR count). The Bertz CT molecular complexity index is 862. The smallest absolute Gasteiger partial charge is 0.407 e. The molecule has 0 spiro atoms. The van der Waals surface area contributed by atoms with Crippen molar-refractivity contribution in [2.75, 3.05) is 13.1 Å². The number of nitrogens with one attached hydrogen (secondary N) is 2. The molecule has 7 nitrogen and oxygen atoms in total. The van der Waals surface area contributed by atoms with Gasteiger partial charge in [-0.05, 0) is 78.2 Å². The highest BCUT2D eigenvalue weighted by Gasteiger charge is 2.41. The fraction of sp³-hybridized carbons (Fsp3) is 0.724. The van der Waals surface area contributed by atoms with Gasteiger partial charge in [0.2, 0.25) is 5.91 Å². The predicted octanol–water partition coefficient (Wildman–Crippen LogP) is 4.28. The molecule has 1 saturated heterocycles. The zero-order valence-electron chi connectivity index (χ0n) is 23.0. The fourth-order valence-corrected chi connectivity index (χ4v) is 5.60. The minimum atomic E-state index is -0.859. The molecule has 1 saturated carbocycles. The van der Waals surface area contributed by atoms with Crippen molar-refractivity contribution in [2.45, 2.75) is 109 Å². The van der Waals surface area contributed by atoms with Gasteiger partial charge in [-0.25, -0.2) is 4.79 Å². The van der Waals surface area contributed by atoms with Crippen molar-refractivity contribution in [1.82, 2.24) is 15.5 Å². The average molecular weight is 502 g/mol. The summed E-state index contributed by atoms with van der Waals surface area (Å²) in [7, 11) is 0. The number of hydrogen-bond donors (Lipinski definition) is 3. The van der Waals surface area contributed by atoms with E-state index in [0.29, 0.717) is 24.8 Å². The number of carbonyl (C=O) groups excluding carboxylic acids is 2. The number of alkyl carbamates (subject to hydrolysis) is 1. The van der Waals surface area contributed by atoms with Crippen LogP contribution in [0.25, 0.3) is 0 Å². The molecule has 3 N–H and O–H groups in total. The highest BCUT2D eigenvalue weighted by molar-refractivity contribution is 5.82. The Morgan fingerprint density at radius 3 is 2.31 bits per heavy atom. The molecule has 1 heterocycles. The number of amides is 2. The van der Waals surface area contributed by atoms with Crippen LogP contribution in [-0.4, -0.2) is 64.4 Å². The van der Waals surface area contributed by atoms with E-state index in [2.05, 4.69) is 15.5 Å². The molecule has 202 valence electrons. The van der Waals surface area contributed by atoms with Crippen molar-refractivity contribution in [3.63, 3.8) is 0 Å². The molecule has 0 radical (unpaired) electrons. The monoisotopic (exact) mass is 501 g/mol. The van der Waals surface area contributed by atoms with E-state index in [-0.39, 0.29) is 17.5 Å². The quantitative estimate of drug-likeness (QED) is 0.519. The molecule has 1 aliphatic carbocycles. The number of hydrogen-bond acceptors (Lipinski definition) is 5. The summed E-state index contributed by atoms with van der Waals surface area (Å²) in [5.74, 6) is 1.14. The standard InChI is InChI=1S/C29H47N3O4/c1-28(2,3)31-26(34)24-17-21-14-10-11-15-22(21)18-32(24)19-25(33)23(16-20-12-8-7-9-13-20)30-27(35)36-29(4,5)6/h7-9,12-13,21-25,33H,10-11,14-19H2,1-6H3,(H,30,35)(H,31,34)/t21?,22?,23-,24?,25+/m1/s1. The van der Waals surface area contributed by atoms with Gasteiger partial charge in [0.1, 0.15) is 5.60 Å². The van der Waals surface area contributed by atoms with Gasteiger partial charge in [0.25, 0.3) is 0 Å². The van der Waals surface area contributed by atoms with Gasteiger partial charge in [-0.3, -0.25) is 9.69 Å². The maximum atomic E-state index is 13.4. The summed E-state index contributed by atoms with van der Waals surface area (Å²) in [5.41, 5.74) is 0.0650. The van der Waals surface area contributed by atoms with E-state index >= 15 is 0 Å². The molecule has 0 aromatic heterocycles. The first-order chi connectivity index (χ1) is 16.8. The third-order valence-electron chi connectivity index (χ3n) is 7.19. The molecule has 36 heavy (non-hydrogen) atoms. The number of rotatable bonds is 7. The van der Waals surface area contributed by atoms with E-state index < -0.39 is 23.8 Å². The lowest BCUT2D eigenvalue weighted by atomic mass is 9.72. The Kier molecular flexibility index (Phi) is 9.44. The summed E-state index contributed by atoms with van der Waals surface area (Å²) in [5, 5.41) is 17.5. The van der Waals surface area contributed by atoms with Crippen LogP contribution in [0.5, 0.6) is 0 Å². The number of ether oxygens (including phenoxy) is 1. The predicted molar refractivity (Wildman–Crippen MR) is 143 cm³/mol. The number of aliphatic hydroxyl groups is 1. The van der Waals surface area contributed by atoms with Crippen LogP contribution in [0.1, 0.15) is 79.2 Å². The van der Waals surface area contributed by atoms with Crippen molar-refractivity contribution < 1.29 is 19.4 Å². The molecule has 7 heteroatoms. The summed E-state index contributed by atoms with van der Waals surface area (Å²) < 4.78 is 5.49. The normalized spacial score (nSPS) is 24.8. The van der Waals surface area contributed by atoms with Crippen LogP contribution in [0.15, 0.2) is 30.3 Å². The van der Waals surface area contributed by atoms with E-state index in [0.717, 1.165) is 18.5 Å². The number of carbonyl (C=O) groups is 2. The maximum Gasteiger partial charge on any atom is 0.407 e. The second-order valence-corrected chi connectivity index (χ2v) is 12.8. The van der Waals surface area contributed by atoms with E-state index in [1.807, 2.05) is 71.9 Å². The Morgan fingerprint density at radius 2 is 1.69 bits per heavy atom. The summed E-state index contributed by atoms with van der Waals surface area (Å²) >= 11 is 0. The van der Waals surface area contributed by atoms with Crippen LogP contribution in [-0.2, 0) is 16.0 Å². The van der Waals surface area contributed by atoms with E-state index in [9.17, 15) is 14.7 Å². The van der Waals surface area contributed by atoms with E-state index in [4.69, 9.17) is 4.74 Å². The lowest BCUT2D eigenvalue weighted by Gasteiger charge is -2.47. The number of nitrogens with zero attached hydrogens (tertiary/aromatic N) is 1. The Hall–Kier alpha value is -2.12. The molecule has 1 aromatic rings. The van der Waals surface area contributed by atoms with Crippen LogP contribution in [0.2, 0.25) is 0 Å².